The summed E-state index contributed by atoms with van der Waals surface area (Å²) in [7, 11) is 0. The number of carboxylic acid groups (broad SMARTS) is 1. The molecule has 96 valence electrons. The molecule has 1 aromatic rings. The molecule has 0 spiro atoms. The highest BCUT2D eigenvalue weighted by atomic mass is 32.1. The number of carbonyl (C=O) groups is 2. The zero-order valence-electron chi connectivity index (χ0n) is 9.69. The fourth-order valence-corrected chi connectivity index (χ4v) is 2.42. The minimum Gasteiger partial charge on any atom is -0.464 e. The van der Waals surface area contributed by atoms with Gasteiger partial charge in [0.1, 0.15) is 0 Å². The van der Waals surface area contributed by atoms with E-state index in [0.29, 0.717) is 18.7 Å². The number of amides is 2. The second-order valence-corrected chi connectivity index (χ2v) is 4.63. The van der Waals surface area contributed by atoms with Crippen molar-refractivity contribution in [3.63, 3.8) is 0 Å². The Morgan fingerprint density at radius 3 is 2.50 bits per heavy atom. The highest BCUT2D eigenvalue weighted by Crippen LogP contribution is 2.24. The summed E-state index contributed by atoms with van der Waals surface area (Å²) in [6, 6.07) is 7.91. The van der Waals surface area contributed by atoms with Crippen LogP contribution in [0.5, 0.6) is 0 Å². The maximum Gasteiger partial charge on any atom is 0.418 e. The van der Waals surface area contributed by atoms with E-state index in [-0.39, 0.29) is 0 Å². The topological polar surface area (TPSA) is 60.9 Å². The fraction of sp³-hybridized carbons (Fsp3) is 0.333. The molecule has 1 aliphatic heterocycles. The molecular formula is C12H14N2O3S. The number of imide groups is 1. The third-order valence-electron chi connectivity index (χ3n) is 2.94. The van der Waals surface area contributed by atoms with Gasteiger partial charge in [0.2, 0.25) is 0 Å². The van der Waals surface area contributed by atoms with E-state index in [1.807, 2.05) is 0 Å². The Kier molecular flexibility index (Phi) is 3.88. The summed E-state index contributed by atoms with van der Waals surface area (Å²) in [5.74, 6) is -0.443. The molecule has 0 bridgehead atoms. The molecule has 0 radical (unpaired) electrons. The van der Waals surface area contributed by atoms with E-state index >= 15 is 0 Å². The summed E-state index contributed by atoms with van der Waals surface area (Å²) in [4.78, 5) is 24.3. The van der Waals surface area contributed by atoms with Crippen molar-refractivity contribution in [1.29, 1.82) is 0 Å². The van der Waals surface area contributed by atoms with Crippen molar-refractivity contribution in [3.05, 3.63) is 30.3 Å². The zero-order valence-corrected chi connectivity index (χ0v) is 10.6. The number of hydrogen-bond acceptors (Lipinski definition) is 4. The van der Waals surface area contributed by atoms with Crippen molar-refractivity contribution in [2.45, 2.75) is 18.9 Å². The van der Waals surface area contributed by atoms with Gasteiger partial charge in [-0.25, -0.2) is 14.0 Å². The maximum atomic E-state index is 12.3. The van der Waals surface area contributed by atoms with Gasteiger partial charge >= 0.3 is 6.09 Å². The lowest BCUT2D eigenvalue weighted by Crippen LogP contribution is -2.45. The number of hydrogen-bond donors (Lipinski definition) is 2. The summed E-state index contributed by atoms with van der Waals surface area (Å²) < 4.78 is 1.60. The molecule has 1 aliphatic rings. The molecule has 5 nitrogen and oxygen atoms in total. The number of benzene rings is 1. The van der Waals surface area contributed by atoms with E-state index in [1.165, 1.54) is 0 Å². The summed E-state index contributed by atoms with van der Waals surface area (Å²) in [5.41, 5.74) is 0.364. The predicted octanol–water partition coefficient (Wildman–Crippen LogP) is 2.01. The first-order valence-electron chi connectivity index (χ1n) is 5.68. The molecule has 0 aromatic heterocycles. The second-order valence-electron chi connectivity index (χ2n) is 4.11. The van der Waals surface area contributed by atoms with Gasteiger partial charge in [0.25, 0.3) is 5.91 Å². The summed E-state index contributed by atoms with van der Waals surface area (Å²) in [5, 5.41) is 9.21. The van der Waals surface area contributed by atoms with Gasteiger partial charge < -0.3 is 5.11 Å². The molecule has 0 saturated carbocycles. The zero-order chi connectivity index (χ0) is 13.1. The maximum absolute atomic E-state index is 12.3. The van der Waals surface area contributed by atoms with Crippen LogP contribution in [0.4, 0.5) is 10.5 Å². The third-order valence-corrected chi connectivity index (χ3v) is 3.41. The van der Waals surface area contributed by atoms with Crippen molar-refractivity contribution in [1.82, 2.24) is 4.31 Å². The minimum absolute atomic E-state index is 0.364. The normalized spacial score (nSPS) is 19.7. The quantitative estimate of drug-likeness (QED) is 0.804. The molecule has 1 unspecified atom stereocenters. The van der Waals surface area contributed by atoms with Gasteiger partial charge in [-0.05, 0) is 25.0 Å². The summed E-state index contributed by atoms with van der Waals surface area (Å²) in [6.45, 7) is 0.696. The van der Waals surface area contributed by atoms with Crippen LogP contribution in [0.25, 0.3) is 0 Å². The highest BCUT2D eigenvalue weighted by Gasteiger charge is 2.35. The molecule has 1 heterocycles. The number of thiol groups is 1. The number of carbonyl (C=O) groups excluding carboxylic acids is 1. The molecule has 1 saturated heterocycles. The first-order chi connectivity index (χ1) is 8.61. The van der Waals surface area contributed by atoms with Crippen LogP contribution in [0.2, 0.25) is 0 Å². The van der Waals surface area contributed by atoms with Crippen LogP contribution in [0.3, 0.4) is 0 Å². The standard InChI is InChI=1S/C12H14N2O3S/c15-11(10-7-4-8-13(10)18)14(12(16)17)9-5-2-1-3-6-9/h1-3,5-6,10,18H,4,7-8H2,(H,16,17). The smallest absolute Gasteiger partial charge is 0.418 e. The van der Waals surface area contributed by atoms with Crippen molar-refractivity contribution < 1.29 is 14.7 Å². The lowest BCUT2D eigenvalue weighted by Gasteiger charge is -2.24. The van der Waals surface area contributed by atoms with E-state index in [1.54, 1.807) is 34.6 Å². The minimum atomic E-state index is -1.26. The molecule has 2 rings (SSSR count). The molecule has 1 N–H and O–H groups in total. The molecule has 1 aromatic carbocycles. The third kappa shape index (κ3) is 2.49. The molecule has 6 heteroatoms. The largest absolute Gasteiger partial charge is 0.464 e. The Hall–Kier alpha value is -1.53. The molecule has 18 heavy (non-hydrogen) atoms. The van der Waals surface area contributed by atoms with E-state index in [0.717, 1.165) is 11.3 Å². The van der Waals surface area contributed by atoms with Crippen molar-refractivity contribution >= 4 is 30.5 Å². The van der Waals surface area contributed by atoms with Crippen molar-refractivity contribution in [3.8, 4) is 0 Å². The van der Waals surface area contributed by atoms with Crippen LogP contribution in [-0.4, -0.2) is 34.0 Å². The van der Waals surface area contributed by atoms with Gasteiger partial charge in [0, 0.05) is 6.54 Å². The fourth-order valence-electron chi connectivity index (χ4n) is 2.06. The Labute approximate surface area is 111 Å². The number of rotatable bonds is 2. The molecule has 0 aliphatic carbocycles. The van der Waals surface area contributed by atoms with Crippen LogP contribution < -0.4 is 4.90 Å². The van der Waals surface area contributed by atoms with Crippen molar-refractivity contribution in [2.24, 2.45) is 0 Å². The number of para-hydroxylation sites is 1. The second kappa shape index (κ2) is 5.41. The predicted molar refractivity (Wildman–Crippen MR) is 70.7 cm³/mol. The van der Waals surface area contributed by atoms with Crippen molar-refractivity contribution in [2.75, 3.05) is 11.4 Å². The van der Waals surface area contributed by atoms with Gasteiger partial charge in [0.05, 0.1) is 11.7 Å². The average Bonchev–Trinajstić information content (AvgIpc) is 2.76. The van der Waals surface area contributed by atoms with Gasteiger partial charge in [0.15, 0.2) is 0 Å². The Morgan fingerprint density at radius 2 is 2.00 bits per heavy atom. The Balaban J connectivity index is 2.26. The first kappa shape index (κ1) is 12.9. The van der Waals surface area contributed by atoms with E-state index in [9.17, 15) is 14.7 Å². The molecular weight excluding hydrogens is 252 g/mol. The van der Waals surface area contributed by atoms with Gasteiger partial charge in [-0.1, -0.05) is 31.0 Å². The Bertz CT molecular complexity index is 452. The van der Waals surface area contributed by atoms with Crippen LogP contribution in [0.15, 0.2) is 30.3 Å². The van der Waals surface area contributed by atoms with Gasteiger partial charge in [-0.2, -0.15) is 0 Å². The van der Waals surface area contributed by atoms with Crippen LogP contribution in [0, 0.1) is 0 Å². The molecule has 1 fully saturated rings. The lowest BCUT2D eigenvalue weighted by atomic mass is 10.2. The monoisotopic (exact) mass is 266 g/mol. The first-order valence-corrected chi connectivity index (χ1v) is 6.08. The van der Waals surface area contributed by atoms with Crippen LogP contribution >= 0.6 is 12.8 Å². The van der Waals surface area contributed by atoms with Gasteiger partial charge in [-0.3, -0.25) is 4.79 Å². The number of nitrogens with zero attached hydrogens (tertiary/aromatic N) is 2. The van der Waals surface area contributed by atoms with E-state index in [4.69, 9.17) is 0 Å². The summed E-state index contributed by atoms with van der Waals surface area (Å²) >= 11 is 4.20. The SMILES string of the molecule is O=C(O)N(C(=O)C1CCCN1S)c1ccccc1. The number of anilines is 1. The lowest BCUT2D eigenvalue weighted by molar-refractivity contribution is -0.120. The molecule has 2 amide bonds. The van der Waals surface area contributed by atoms with Crippen LogP contribution in [0.1, 0.15) is 12.8 Å². The highest BCUT2D eigenvalue weighted by molar-refractivity contribution is 7.77. The average molecular weight is 266 g/mol. The summed E-state index contributed by atoms with van der Waals surface area (Å²) in [6.07, 6.45) is 0.223. The molecule has 1 atom stereocenters. The van der Waals surface area contributed by atoms with E-state index in [2.05, 4.69) is 12.8 Å². The van der Waals surface area contributed by atoms with Gasteiger partial charge in [-0.15, -0.1) is 0 Å². The van der Waals surface area contributed by atoms with Crippen LogP contribution in [-0.2, 0) is 4.79 Å². The van der Waals surface area contributed by atoms with E-state index < -0.39 is 18.0 Å². The Morgan fingerprint density at radius 1 is 1.33 bits per heavy atom.